The highest BCUT2D eigenvalue weighted by Gasteiger charge is 1.94. The fourth-order valence-electron chi connectivity index (χ4n) is 2.14. The molecular weight excluding hydrogens is 378 g/mol. The van der Waals surface area contributed by atoms with Crippen molar-refractivity contribution in [3.8, 4) is 0 Å². The van der Waals surface area contributed by atoms with Gasteiger partial charge in [0.25, 0.3) is 0 Å². The van der Waals surface area contributed by atoms with Gasteiger partial charge in [0.05, 0.1) is 13.2 Å². The summed E-state index contributed by atoms with van der Waals surface area (Å²) in [6.45, 7) is 6.33. The number of rotatable bonds is 0. The van der Waals surface area contributed by atoms with Crippen LogP contribution in [-0.2, 0) is 4.74 Å². The van der Waals surface area contributed by atoms with Crippen LogP contribution in [0.3, 0.4) is 0 Å². The van der Waals surface area contributed by atoms with E-state index in [-0.39, 0.29) is 0 Å². The van der Waals surface area contributed by atoms with E-state index in [0.717, 1.165) is 26.3 Å². The minimum Gasteiger partial charge on any atom is -0.379 e. The van der Waals surface area contributed by atoms with Gasteiger partial charge in [-0.25, -0.2) is 9.97 Å². The lowest BCUT2D eigenvalue weighted by Crippen LogP contribution is -2.30. The first-order valence-electron chi connectivity index (χ1n) is 10.3. The summed E-state index contributed by atoms with van der Waals surface area (Å²) in [5.41, 5.74) is 0. The van der Waals surface area contributed by atoms with Gasteiger partial charge in [-0.1, -0.05) is 12.5 Å². The van der Waals surface area contributed by atoms with E-state index >= 15 is 0 Å². The number of hydrogen-bond donors (Lipinski definition) is 2. The van der Waals surface area contributed by atoms with Crippen molar-refractivity contribution in [2.75, 3.05) is 39.4 Å². The van der Waals surface area contributed by atoms with Crippen LogP contribution < -0.4 is 10.6 Å². The molecular formula is C22H33N7O. The van der Waals surface area contributed by atoms with Gasteiger partial charge in [0.15, 0.2) is 0 Å². The molecule has 0 amide bonds. The molecule has 0 saturated carbocycles. The summed E-state index contributed by atoms with van der Waals surface area (Å²) in [5.74, 6) is 0. The summed E-state index contributed by atoms with van der Waals surface area (Å²) in [7, 11) is 0. The SMILES string of the molecule is C1CCNCC1.C1COCCN1.c1ccncc1.c1ccnnc1.c1cncnc1. The second-order valence-corrected chi connectivity index (χ2v) is 6.02. The van der Waals surface area contributed by atoms with Crippen molar-refractivity contribution in [2.24, 2.45) is 0 Å². The molecule has 0 spiro atoms. The highest BCUT2D eigenvalue weighted by molar-refractivity contribution is 4.88. The van der Waals surface area contributed by atoms with Crippen molar-refractivity contribution in [2.45, 2.75) is 19.3 Å². The maximum Gasteiger partial charge on any atom is 0.115 e. The van der Waals surface area contributed by atoms with Gasteiger partial charge in [0.1, 0.15) is 6.33 Å². The van der Waals surface area contributed by atoms with Crippen LogP contribution in [0.4, 0.5) is 0 Å². The first-order chi connectivity index (χ1) is 15.0. The molecule has 5 rings (SSSR count). The van der Waals surface area contributed by atoms with Crippen molar-refractivity contribution >= 4 is 0 Å². The van der Waals surface area contributed by atoms with Gasteiger partial charge in [-0.2, -0.15) is 10.2 Å². The first-order valence-corrected chi connectivity index (χ1v) is 10.3. The number of nitrogens with one attached hydrogen (secondary N) is 2. The number of hydrogen-bond acceptors (Lipinski definition) is 8. The predicted octanol–water partition coefficient (Wildman–Crippen LogP) is 2.40. The standard InChI is InChI=1S/C5H11N.C5H5N.2C4H4N2.C4H9NO/c2*1-2-4-6-5-3-1;1-2-5-4-6-3-1;1-2-4-6-5-3-1;1-3-6-4-2-5-1/h6H,1-5H2;1-5H;2*1-4H;5H,1-4H2. The maximum atomic E-state index is 5.01. The summed E-state index contributed by atoms with van der Waals surface area (Å²) < 4.78 is 5.01. The molecule has 8 nitrogen and oxygen atoms in total. The Morgan fingerprint density at radius 1 is 0.500 bits per heavy atom. The van der Waals surface area contributed by atoms with E-state index in [4.69, 9.17) is 4.74 Å². The Labute approximate surface area is 179 Å². The summed E-state index contributed by atoms with van der Waals surface area (Å²) in [5, 5.41) is 13.5. The normalized spacial score (nSPS) is 14.4. The Kier molecular flexibility index (Phi) is 18.9. The van der Waals surface area contributed by atoms with E-state index in [9.17, 15) is 0 Å². The van der Waals surface area contributed by atoms with Crippen LogP contribution in [0, 0.1) is 0 Å². The van der Waals surface area contributed by atoms with Crippen LogP contribution in [0.25, 0.3) is 0 Å². The molecule has 3 aromatic rings. The third kappa shape index (κ3) is 19.9. The number of nitrogens with zero attached hydrogens (tertiary/aromatic N) is 5. The average molecular weight is 412 g/mol. The fourth-order valence-corrected chi connectivity index (χ4v) is 2.14. The lowest BCUT2D eigenvalue weighted by Gasteiger charge is -2.10. The van der Waals surface area contributed by atoms with Gasteiger partial charge < -0.3 is 15.4 Å². The van der Waals surface area contributed by atoms with Gasteiger partial charge in [-0.3, -0.25) is 4.98 Å². The maximum absolute atomic E-state index is 5.01. The first kappa shape index (κ1) is 25.2. The molecule has 8 heteroatoms. The Balaban J connectivity index is 0.000000187. The Hall–Kier alpha value is -2.81. The zero-order chi connectivity index (χ0) is 21.2. The van der Waals surface area contributed by atoms with Gasteiger partial charge in [-0.05, 0) is 56.3 Å². The largest absolute Gasteiger partial charge is 0.379 e. The second-order valence-electron chi connectivity index (χ2n) is 6.02. The molecule has 2 saturated heterocycles. The van der Waals surface area contributed by atoms with Crippen LogP contribution in [-0.4, -0.2) is 64.5 Å². The summed E-state index contributed by atoms with van der Waals surface area (Å²) in [6, 6.07) is 11.1. The van der Waals surface area contributed by atoms with Crippen molar-refractivity contribution < 1.29 is 4.74 Å². The third-order valence-electron chi connectivity index (χ3n) is 3.58. The second kappa shape index (κ2) is 22.5. The molecule has 2 aliphatic rings. The van der Waals surface area contributed by atoms with Crippen LogP contribution in [0.2, 0.25) is 0 Å². The summed E-state index contributed by atoms with van der Waals surface area (Å²) >= 11 is 0. The minimum absolute atomic E-state index is 0.889. The van der Waals surface area contributed by atoms with Gasteiger partial charge in [-0.15, -0.1) is 0 Å². The molecule has 0 bridgehead atoms. The van der Waals surface area contributed by atoms with E-state index < -0.39 is 0 Å². The quantitative estimate of drug-likeness (QED) is 0.582. The summed E-state index contributed by atoms with van der Waals surface area (Å²) in [6.07, 6.45) is 15.9. The van der Waals surface area contributed by atoms with E-state index in [1.54, 1.807) is 43.2 Å². The highest BCUT2D eigenvalue weighted by Crippen LogP contribution is 1.96. The number of piperidine rings is 1. The zero-order valence-electron chi connectivity index (χ0n) is 17.5. The van der Waals surface area contributed by atoms with Gasteiger partial charge >= 0.3 is 0 Å². The lowest BCUT2D eigenvalue weighted by molar-refractivity contribution is 0.109. The number of morpholine rings is 1. The highest BCUT2D eigenvalue weighted by atomic mass is 16.5. The Bertz CT molecular complexity index is 449. The van der Waals surface area contributed by atoms with Crippen molar-refractivity contribution in [1.29, 1.82) is 0 Å². The molecule has 0 aromatic carbocycles. The van der Waals surface area contributed by atoms with Gasteiger partial charge in [0.2, 0.25) is 0 Å². The van der Waals surface area contributed by atoms with Crippen LogP contribution in [0.15, 0.2) is 79.9 Å². The van der Waals surface area contributed by atoms with Crippen LogP contribution >= 0.6 is 0 Å². The zero-order valence-corrected chi connectivity index (χ0v) is 17.5. The molecule has 2 N–H and O–H groups in total. The topological polar surface area (TPSA) is 97.7 Å². The monoisotopic (exact) mass is 411 g/mol. The molecule has 3 aromatic heterocycles. The Morgan fingerprint density at radius 2 is 1.03 bits per heavy atom. The molecule has 162 valence electrons. The molecule has 2 fully saturated rings. The third-order valence-corrected chi connectivity index (χ3v) is 3.58. The summed E-state index contributed by atoms with van der Waals surface area (Å²) in [4.78, 5) is 11.1. The van der Waals surface area contributed by atoms with Crippen molar-refractivity contribution in [3.05, 3.63) is 79.9 Å². The van der Waals surface area contributed by atoms with Gasteiger partial charge in [0, 0.05) is 50.3 Å². The van der Waals surface area contributed by atoms with Crippen molar-refractivity contribution in [1.82, 2.24) is 35.8 Å². The fraction of sp³-hybridized carbons (Fsp3) is 0.409. The molecule has 0 aliphatic carbocycles. The van der Waals surface area contributed by atoms with E-state index in [2.05, 4.69) is 35.8 Å². The molecule has 0 atom stereocenters. The number of pyridine rings is 1. The van der Waals surface area contributed by atoms with Crippen molar-refractivity contribution in [3.63, 3.8) is 0 Å². The predicted molar refractivity (Wildman–Crippen MR) is 119 cm³/mol. The molecule has 0 radical (unpaired) electrons. The van der Waals surface area contributed by atoms with E-state index in [0.29, 0.717) is 0 Å². The Morgan fingerprint density at radius 3 is 1.20 bits per heavy atom. The minimum atomic E-state index is 0.889. The van der Waals surface area contributed by atoms with Crippen LogP contribution in [0.1, 0.15) is 19.3 Å². The molecule has 2 aliphatic heterocycles. The average Bonchev–Trinajstić information content (AvgIpc) is 2.91. The van der Waals surface area contributed by atoms with Crippen LogP contribution in [0.5, 0.6) is 0 Å². The van der Waals surface area contributed by atoms with E-state index in [1.165, 1.54) is 38.7 Å². The smallest absolute Gasteiger partial charge is 0.115 e. The molecule has 30 heavy (non-hydrogen) atoms. The molecule has 0 unspecified atom stereocenters. The lowest BCUT2D eigenvalue weighted by atomic mass is 10.2. The molecule has 5 heterocycles. The number of aromatic nitrogens is 5. The number of ether oxygens (including phenoxy) is 1. The van der Waals surface area contributed by atoms with E-state index in [1.807, 2.05) is 30.3 Å².